The normalized spacial score (nSPS) is 18.8. The number of aryl methyl sites for hydroxylation is 2. The molecule has 0 aliphatic heterocycles. The van der Waals surface area contributed by atoms with Crippen LogP contribution >= 0.6 is 0 Å². The van der Waals surface area contributed by atoms with Gasteiger partial charge in [0.1, 0.15) is 5.76 Å². The summed E-state index contributed by atoms with van der Waals surface area (Å²) in [5, 5.41) is 3.39. The van der Waals surface area contributed by atoms with Crippen molar-refractivity contribution in [3.63, 3.8) is 0 Å². The van der Waals surface area contributed by atoms with Gasteiger partial charge in [0, 0.05) is 6.07 Å². The highest BCUT2D eigenvalue weighted by molar-refractivity contribution is 7.90. The number of aromatic nitrogens is 1. The van der Waals surface area contributed by atoms with Crippen LogP contribution in [0.15, 0.2) is 34.9 Å². The molecule has 3 rings (SSSR count). The number of rotatable bonds is 3. The number of sulfone groups is 1. The molecule has 0 saturated carbocycles. The molecule has 0 N–H and O–H groups in total. The summed E-state index contributed by atoms with van der Waals surface area (Å²) in [6.07, 6.45) is 2.57. The lowest BCUT2D eigenvalue weighted by Gasteiger charge is -2.25. The van der Waals surface area contributed by atoms with Crippen molar-refractivity contribution < 1.29 is 12.9 Å². The number of fused-ring (bicyclic) bond motifs is 1. The van der Waals surface area contributed by atoms with Crippen LogP contribution in [-0.4, -0.2) is 13.6 Å². The summed E-state index contributed by atoms with van der Waals surface area (Å²) < 4.78 is 30.2. The van der Waals surface area contributed by atoms with Crippen LogP contribution in [0.3, 0.4) is 0 Å². The van der Waals surface area contributed by atoms with Crippen molar-refractivity contribution in [2.45, 2.75) is 37.2 Å². The highest BCUT2D eigenvalue weighted by Crippen LogP contribution is 2.36. The van der Waals surface area contributed by atoms with Gasteiger partial charge in [0.15, 0.2) is 9.84 Å². The standard InChI is InChI=1S/C15H17NO3S/c1-11-9-13(16-19-11)10-20(17,18)15-8-4-6-12-5-2-3-7-14(12)15/h2-3,5,7,9,15H,4,6,8,10H2,1H3/t15-/m1/s1. The minimum absolute atomic E-state index is 0.0522. The quantitative estimate of drug-likeness (QED) is 0.872. The van der Waals surface area contributed by atoms with E-state index in [2.05, 4.69) is 5.16 Å². The molecule has 0 bridgehead atoms. The number of hydrogen-bond donors (Lipinski definition) is 0. The molecule has 0 amide bonds. The van der Waals surface area contributed by atoms with E-state index in [1.807, 2.05) is 24.3 Å². The second-order valence-electron chi connectivity index (χ2n) is 5.32. The third-order valence-electron chi connectivity index (χ3n) is 3.77. The van der Waals surface area contributed by atoms with Gasteiger partial charge in [-0.1, -0.05) is 29.4 Å². The largest absolute Gasteiger partial charge is 0.361 e. The predicted octanol–water partition coefficient (Wildman–Crippen LogP) is 2.98. The van der Waals surface area contributed by atoms with Crippen molar-refractivity contribution in [1.29, 1.82) is 0 Å². The summed E-state index contributed by atoms with van der Waals surface area (Å²) in [5.41, 5.74) is 2.60. The molecule has 1 heterocycles. The first kappa shape index (κ1) is 13.4. The van der Waals surface area contributed by atoms with Gasteiger partial charge in [-0.2, -0.15) is 0 Å². The van der Waals surface area contributed by atoms with E-state index in [0.717, 1.165) is 24.0 Å². The van der Waals surface area contributed by atoms with Crippen molar-refractivity contribution in [3.05, 3.63) is 52.9 Å². The average molecular weight is 291 g/mol. The van der Waals surface area contributed by atoms with Gasteiger partial charge in [-0.25, -0.2) is 8.42 Å². The lowest BCUT2D eigenvalue weighted by molar-refractivity contribution is 0.392. The molecule has 0 radical (unpaired) electrons. The van der Waals surface area contributed by atoms with Crippen LogP contribution in [0.25, 0.3) is 0 Å². The topological polar surface area (TPSA) is 60.2 Å². The molecule has 4 nitrogen and oxygen atoms in total. The van der Waals surface area contributed by atoms with E-state index in [9.17, 15) is 8.42 Å². The Balaban J connectivity index is 1.92. The molecule has 1 aromatic carbocycles. The van der Waals surface area contributed by atoms with E-state index >= 15 is 0 Å². The fourth-order valence-electron chi connectivity index (χ4n) is 2.88. The van der Waals surface area contributed by atoms with E-state index in [4.69, 9.17) is 4.52 Å². The van der Waals surface area contributed by atoms with Gasteiger partial charge in [-0.15, -0.1) is 0 Å². The second kappa shape index (κ2) is 5.05. The summed E-state index contributed by atoms with van der Waals surface area (Å²) in [5.74, 6) is 0.586. The van der Waals surface area contributed by atoms with Crippen molar-refractivity contribution in [2.24, 2.45) is 0 Å². The molecule has 1 aliphatic carbocycles. The molecular weight excluding hydrogens is 274 g/mol. The first-order chi connectivity index (χ1) is 9.56. The predicted molar refractivity (Wildman–Crippen MR) is 76.0 cm³/mol. The third kappa shape index (κ3) is 2.50. The lowest BCUT2D eigenvalue weighted by Crippen LogP contribution is -2.20. The fraction of sp³-hybridized carbons (Fsp3) is 0.400. The molecule has 0 unspecified atom stereocenters. The van der Waals surface area contributed by atoms with Crippen LogP contribution in [0.5, 0.6) is 0 Å². The molecule has 5 heteroatoms. The molecule has 1 aromatic heterocycles. The third-order valence-corrected chi connectivity index (χ3v) is 5.83. The average Bonchev–Trinajstić information content (AvgIpc) is 2.82. The van der Waals surface area contributed by atoms with Crippen LogP contribution in [0, 0.1) is 6.92 Å². The van der Waals surface area contributed by atoms with Gasteiger partial charge in [-0.3, -0.25) is 0 Å². The van der Waals surface area contributed by atoms with Crippen molar-refractivity contribution in [3.8, 4) is 0 Å². The van der Waals surface area contributed by atoms with E-state index in [-0.39, 0.29) is 5.75 Å². The molecule has 0 saturated heterocycles. The molecule has 106 valence electrons. The van der Waals surface area contributed by atoms with Crippen LogP contribution in [0.1, 0.15) is 40.7 Å². The smallest absolute Gasteiger partial charge is 0.163 e. The molecule has 1 aliphatic rings. The van der Waals surface area contributed by atoms with E-state index in [1.54, 1.807) is 13.0 Å². The Bertz CT molecular complexity index is 718. The maximum atomic E-state index is 12.6. The lowest BCUT2D eigenvalue weighted by atomic mass is 9.91. The van der Waals surface area contributed by atoms with Gasteiger partial charge >= 0.3 is 0 Å². The molecule has 20 heavy (non-hydrogen) atoms. The van der Waals surface area contributed by atoms with Crippen LogP contribution in [0.2, 0.25) is 0 Å². The van der Waals surface area contributed by atoms with Gasteiger partial charge in [0.2, 0.25) is 0 Å². The zero-order chi connectivity index (χ0) is 14.2. The Morgan fingerprint density at radius 2 is 2.15 bits per heavy atom. The van der Waals surface area contributed by atoms with Crippen molar-refractivity contribution >= 4 is 9.84 Å². The Hall–Kier alpha value is -1.62. The van der Waals surface area contributed by atoms with E-state index in [1.165, 1.54) is 0 Å². The molecular formula is C15H17NO3S. The zero-order valence-electron chi connectivity index (χ0n) is 11.4. The SMILES string of the molecule is Cc1cc(CS(=O)(=O)[C@@H]2CCCc3ccccc32)no1. The molecule has 1 atom stereocenters. The van der Waals surface area contributed by atoms with E-state index < -0.39 is 15.1 Å². The molecule has 0 spiro atoms. The summed E-state index contributed by atoms with van der Waals surface area (Å²) in [7, 11) is -3.26. The first-order valence-corrected chi connectivity index (χ1v) is 8.49. The van der Waals surface area contributed by atoms with Crippen molar-refractivity contribution in [2.75, 3.05) is 0 Å². The number of hydrogen-bond acceptors (Lipinski definition) is 4. The highest BCUT2D eigenvalue weighted by atomic mass is 32.2. The summed E-state index contributed by atoms with van der Waals surface area (Å²) in [6, 6.07) is 9.52. The van der Waals surface area contributed by atoms with Crippen LogP contribution in [-0.2, 0) is 22.0 Å². The van der Waals surface area contributed by atoms with Gasteiger partial charge in [0.25, 0.3) is 0 Å². The van der Waals surface area contributed by atoms with Crippen molar-refractivity contribution in [1.82, 2.24) is 5.16 Å². The van der Waals surface area contributed by atoms with Crippen LogP contribution in [0.4, 0.5) is 0 Å². The zero-order valence-corrected chi connectivity index (χ0v) is 12.2. The fourth-order valence-corrected chi connectivity index (χ4v) is 4.77. The summed E-state index contributed by atoms with van der Waals surface area (Å²) >= 11 is 0. The van der Waals surface area contributed by atoms with Gasteiger partial charge < -0.3 is 4.52 Å². The Morgan fingerprint density at radius 3 is 2.90 bits per heavy atom. The number of nitrogens with zero attached hydrogens (tertiary/aromatic N) is 1. The van der Waals surface area contributed by atoms with Crippen LogP contribution < -0.4 is 0 Å². The summed E-state index contributed by atoms with van der Waals surface area (Å²) in [6.45, 7) is 1.76. The maximum absolute atomic E-state index is 12.6. The summed E-state index contributed by atoms with van der Waals surface area (Å²) in [4.78, 5) is 0. The highest BCUT2D eigenvalue weighted by Gasteiger charge is 2.32. The minimum Gasteiger partial charge on any atom is -0.361 e. The molecule has 2 aromatic rings. The van der Waals surface area contributed by atoms with Gasteiger partial charge in [-0.05, 0) is 37.3 Å². The maximum Gasteiger partial charge on any atom is 0.163 e. The minimum atomic E-state index is -3.26. The Morgan fingerprint density at radius 1 is 1.35 bits per heavy atom. The van der Waals surface area contributed by atoms with Gasteiger partial charge in [0.05, 0.1) is 16.7 Å². The first-order valence-electron chi connectivity index (χ1n) is 6.78. The second-order valence-corrected chi connectivity index (χ2v) is 7.50. The molecule has 0 fully saturated rings. The number of benzene rings is 1. The monoisotopic (exact) mass is 291 g/mol. The van der Waals surface area contributed by atoms with E-state index in [0.29, 0.717) is 17.9 Å². The Labute approximate surface area is 118 Å². The Kier molecular flexibility index (Phi) is 3.38.